The minimum absolute atomic E-state index is 0.135. The molecule has 0 radical (unpaired) electrons. The number of benzene rings is 1. The molecule has 0 saturated carbocycles. The SMILES string of the molecule is CC.CCC1c2ccccc2CN1C(=O)OC.[O-][N+]12CCC(CC1)CC2. The second kappa shape index (κ2) is 9.38. The van der Waals surface area contributed by atoms with E-state index in [1.165, 1.54) is 37.5 Å². The maximum Gasteiger partial charge on any atom is 0.410 e. The van der Waals surface area contributed by atoms with Gasteiger partial charge in [0.05, 0.1) is 32.8 Å². The third-order valence-corrected chi connectivity index (χ3v) is 5.76. The van der Waals surface area contributed by atoms with E-state index in [2.05, 4.69) is 19.1 Å². The van der Waals surface area contributed by atoms with Crippen LogP contribution in [-0.2, 0) is 11.3 Å². The Morgan fingerprint density at radius 1 is 1.19 bits per heavy atom. The lowest BCUT2D eigenvalue weighted by atomic mass is 9.88. The zero-order valence-corrected chi connectivity index (χ0v) is 16.7. The van der Waals surface area contributed by atoms with Gasteiger partial charge in [0, 0.05) is 25.8 Å². The summed E-state index contributed by atoms with van der Waals surface area (Å²) < 4.78 is 4.92. The predicted molar refractivity (Wildman–Crippen MR) is 104 cm³/mol. The number of hydrogen-bond donors (Lipinski definition) is 0. The zero-order valence-electron chi connectivity index (χ0n) is 16.7. The molecule has 5 rings (SSSR count). The number of fused-ring (bicyclic) bond motifs is 4. The third kappa shape index (κ3) is 4.57. The molecule has 1 aromatic rings. The van der Waals surface area contributed by atoms with Crippen molar-refractivity contribution in [2.24, 2.45) is 5.92 Å². The van der Waals surface area contributed by atoms with Crippen molar-refractivity contribution in [1.82, 2.24) is 4.90 Å². The smallest absolute Gasteiger partial charge is 0.410 e. The van der Waals surface area contributed by atoms with Crippen LogP contribution in [0.5, 0.6) is 0 Å². The molecule has 4 heterocycles. The van der Waals surface area contributed by atoms with Gasteiger partial charge in [0.1, 0.15) is 0 Å². The monoisotopic (exact) mass is 362 g/mol. The van der Waals surface area contributed by atoms with Crippen LogP contribution in [0.3, 0.4) is 0 Å². The molecule has 1 aromatic carbocycles. The van der Waals surface area contributed by atoms with Gasteiger partial charge in [-0.05, 0) is 23.5 Å². The van der Waals surface area contributed by atoms with Crippen molar-refractivity contribution >= 4 is 6.09 Å². The maximum atomic E-state index is 11.6. The van der Waals surface area contributed by atoms with Crippen molar-refractivity contribution in [1.29, 1.82) is 0 Å². The van der Waals surface area contributed by atoms with Gasteiger partial charge in [0.25, 0.3) is 0 Å². The highest BCUT2D eigenvalue weighted by molar-refractivity contribution is 5.69. The summed E-state index contributed by atoms with van der Waals surface area (Å²) in [5.41, 5.74) is 2.49. The van der Waals surface area contributed by atoms with Crippen LogP contribution in [0.15, 0.2) is 24.3 Å². The average molecular weight is 363 g/mol. The molecule has 4 aliphatic heterocycles. The number of carbonyl (C=O) groups excluding carboxylic acids is 1. The van der Waals surface area contributed by atoms with Crippen molar-refractivity contribution < 1.29 is 14.2 Å². The largest absolute Gasteiger partial charge is 0.633 e. The lowest BCUT2D eigenvalue weighted by molar-refractivity contribution is -0.896. The summed E-state index contributed by atoms with van der Waals surface area (Å²) in [6, 6.07) is 8.36. The molecule has 146 valence electrons. The second-order valence-electron chi connectivity index (χ2n) is 7.18. The molecule has 0 N–H and O–H groups in total. The molecule has 1 unspecified atom stereocenters. The molecule has 0 aliphatic carbocycles. The van der Waals surface area contributed by atoms with Gasteiger partial charge in [-0.2, -0.15) is 0 Å². The third-order valence-electron chi connectivity index (χ3n) is 5.76. The normalized spacial score (nSPS) is 28.3. The molecule has 1 amide bonds. The molecule has 3 fully saturated rings. The van der Waals surface area contributed by atoms with E-state index in [9.17, 15) is 10.0 Å². The van der Waals surface area contributed by atoms with E-state index < -0.39 is 0 Å². The summed E-state index contributed by atoms with van der Waals surface area (Å²) in [5.74, 6) is 0.916. The zero-order chi connectivity index (χ0) is 19.2. The summed E-state index contributed by atoms with van der Waals surface area (Å²) in [6.07, 6.45) is 4.28. The van der Waals surface area contributed by atoms with Crippen LogP contribution in [0.25, 0.3) is 0 Å². The minimum Gasteiger partial charge on any atom is -0.633 e. The number of piperidine rings is 3. The van der Waals surface area contributed by atoms with Gasteiger partial charge in [0.2, 0.25) is 0 Å². The van der Waals surface area contributed by atoms with Crippen LogP contribution in [0, 0.1) is 11.1 Å². The fourth-order valence-electron chi connectivity index (χ4n) is 4.24. The topological polar surface area (TPSA) is 52.6 Å². The number of nitrogens with zero attached hydrogens (tertiary/aromatic N) is 2. The van der Waals surface area contributed by atoms with E-state index in [0.29, 0.717) is 6.54 Å². The first kappa shape index (κ1) is 20.7. The molecule has 3 saturated heterocycles. The van der Waals surface area contributed by atoms with Gasteiger partial charge in [-0.15, -0.1) is 0 Å². The Bertz CT molecular complexity index is 569. The summed E-state index contributed by atoms with van der Waals surface area (Å²) >= 11 is 0. The first-order chi connectivity index (χ1) is 12.6. The van der Waals surface area contributed by atoms with E-state index in [-0.39, 0.29) is 16.8 Å². The second-order valence-corrected chi connectivity index (χ2v) is 7.18. The van der Waals surface area contributed by atoms with Gasteiger partial charge in [0.15, 0.2) is 0 Å². The Labute approximate surface area is 158 Å². The van der Waals surface area contributed by atoms with Gasteiger partial charge < -0.3 is 14.6 Å². The van der Waals surface area contributed by atoms with Crippen molar-refractivity contribution in [3.8, 4) is 0 Å². The van der Waals surface area contributed by atoms with Crippen LogP contribution in [0.2, 0.25) is 0 Å². The van der Waals surface area contributed by atoms with Gasteiger partial charge >= 0.3 is 6.09 Å². The highest BCUT2D eigenvalue weighted by Crippen LogP contribution is 2.35. The van der Waals surface area contributed by atoms with E-state index in [0.717, 1.165) is 32.0 Å². The number of carbonyl (C=O) groups is 1. The first-order valence-corrected chi connectivity index (χ1v) is 10.1. The number of amides is 1. The fourth-order valence-corrected chi connectivity index (χ4v) is 4.24. The van der Waals surface area contributed by atoms with Crippen LogP contribution in [0.1, 0.15) is 63.6 Å². The summed E-state index contributed by atoms with van der Waals surface area (Å²) in [6.45, 7) is 9.48. The Hall–Kier alpha value is -1.59. The summed E-state index contributed by atoms with van der Waals surface area (Å²) in [4.78, 5) is 13.3. The lowest BCUT2D eigenvalue weighted by Crippen LogP contribution is -2.53. The molecule has 5 heteroatoms. The van der Waals surface area contributed by atoms with Crippen molar-refractivity contribution in [2.75, 3.05) is 26.7 Å². The predicted octanol–water partition coefficient (Wildman–Crippen LogP) is 4.86. The van der Waals surface area contributed by atoms with Crippen molar-refractivity contribution in [3.63, 3.8) is 0 Å². The van der Waals surface area contributed by atoms with Crippen LogP contribution < -0.4 is 0 Å². The number of quaternary nitrogens is 1. The van der Waals surface area contributed by atoms with Crippen LogP contribution in [-0.4, -0.2) is 42.4 Å². The van der Waals surface area contributed by atoms with E-state index in [1.807, 2.05) is 26.0 Å². The number of hydrogen-bond acceptors (Lipinski definition) is 3. The standard InChI is InChI=1S/C12H15NO2.C7H13NO.C2H6/c1-3-11-10-7-5-4-6-9(10)8-13(11)12(14)15-2;9-8-4-1-7(2-5-8)3-6-8;1-2/h4-7,11H,3,8H2,1-2H3;7H,1-6H2;1-2H3. The number of ether oxygens (including phenoxy) is 1. The summed E-state index contributed by atoms with van der Waals surface area (Å²) in [7, 11) is 1.43. The van der Waals surface area contributed by atoms with E-state index in [1.54, 1.807) is 4.90 Å². The molecule has 5 nitrogen and oxygen atoms in total. The molecule has 0 aromatic heterocycles. The van der Waals surface area contributed by atoms with E-state index in [4.69, 9.17) is 4.74 Å². The molecular weight excluding hydrogens is 328 g/mol. The molecule has 2 bridgehead atoms. The maximum absolute atomic E-state index is 11.6. The van der Waals surface area contributed by atoms with Gasteiger partial charge in [-0.1, -0.05) is 45.0 Å². The Kier molecular flexibility index (Phi) is 7.47. The molecule has 4 aliphatic rings. The van der Waals surface area contributed by atoms with Gasteiger partial charge in [-0.3, -0.25) is 4.90 Å². The average Bonchev–Trinajstić information content (AvgIpc) is 3.09. The first-order valence-electron chi connectivity index (χ1n) is 10.1. The van der Waals surface area contributed by atoms with Crippen LogP contribution >= 0.6 is 0 Å². The lowest BCUT2D eigenvalue weighted by Gasteiger charge is -2.52. The number of methoxy groups -OCH3 is 1. The highest BCUT2D eigenvalue weighted by Gasteiger charge is 2.33. The highest BCUT2D eigenvalue weighted by atomic mass is 16.5. The quantitative estimate of drug-likeness (QED) is 0.529. The fraction of sp³-hybridized carbons (Fsp3) is 0.667. The van der Waals surface area contributed by atoms with E-state index >= 15 is 0 Å². The molecule has 1 atom stereocenters. The Balaban J connectivity index is 0.000000188. The Morgan fingerprint density at radius 3 is 2.23 bits per heavy atom. The Morgan fingerprint density at radius 2 is 1.77 bits per heavy atom. The molecule has 0 spiro atoms. The number of hydroxylamine groups is 3. The molecular formula is C21H34N2O3. The van der Waals surface area contributed by atoms with Crippen molar-refractivity contribution in [2.45, 2.75) is 59.0 Å². The number of rotatable bonds is 1. The van der Waals surface area contributed by atoms with Crippen LogP contribution in [0.4, 0.5) is 4.79 Å². The minimum atomic E-state index is -0.238. The summed E-state index contributed by atoms with van der Waals surface area (Å²) in [5, 5.41) is 11.5. The molecule has 26 heavy (non-hydrogen) atoms. The van der Waals surface area contributed by atoms with Crippen molar-refractivity contribution in [3.05, 3.63) is 40.6 Å². The van der Waals surface area contributed by atoms with Gasteiger partial charge in [-0.25, -0.2) is 4.79 Å².